The van der Waals surface area contributed by atoms with Crippen LogP contribution in [0, 0.1) is 20.8 Å². The van der Waals surface area contributed by atoms with E-state index in [1.807, 2.05) is 13.1 Å². The third-order valence-corrected chi connectivity index (χ3v) is 6.69. The molecule has 2 heterocycles. The first kappa shape index (κ1) is 24.0. The molecule has 1 aromatic carbocycles. The number of amides is 1. The van der Waals surface area contributed by atoms with Crippen LogP contribution in [0.1, 0.15) is 66.0 Å². The minimum absolute atomic E-state index is 0.0243. The average Bonchev–Trinajstić information content (AvgIpc) is 2.78. The summed E-state index contributed by atoms with van der Waals surface area (Å²) in [4.78, 5) is 25.6. The summed E-state index contributed by atoms with van der Waals surface area (Å²) in [5, 5.41) is 3.17. The summed E-state index contributed by atoms with van der Waals surface area (Å²) in [5.74, 6) is 2.60. The van der Waals surface area contributed by atoms with Gasteiger partial charge in [-0.3, -0.25) is 9.69 Å². The fraction of sp³-hybridized carbons (Fsp3) is 0.560. The van der Waals surface area contributed by atoms with Crippen molar-refractivity contribution >= 4 is 11.7 Å². The molecule has 7 heteroatoms. The van der Waals surface area contributed by atoms with Crippen molar-refractivity contribution in [2.75, 3.05) is 33.1 Å². The Labute approximate surface area is 192 Å². The second kappa shape index (κ2) is 10.3. The van der Waals surface area contributed by atoms with Crippen molar-refractivity contribution in [1.29, 1.82) is 0 Å². The first-order valence-corrected chi connectivity index (χ1v) is 11.4. The van der Waals surface area contributed by atoms with Gasteiger partial charge in [0.15, 0.2) is 0 Å². The number of nitrogens with zero attached hydrogens (tertiary/aromatic N) is 4. The standard InChI is InChI=1S/C25H37N5O2/c1-16-12-23(32-7)18(3)17(2)21(16)15-30-11-9-8-10-22(30)25-27-20(13-24(26-5)28-25)14-29(6)19(4)31/h12-13,22H,8-11,14-15H2,1-7H3,(H,26,27,28)/t22-/m0/s1. The van der Waals surface area contributed by atoms with Gasteiger partial charge in [-0.1, -0.05) is 6.42 Å². The molecule has 1 amide bonds. The van der Waals surface area contributed by atoms with Crippen molar-refractivity contribution < 1.29 is 9.53 Å². The Kier molecular flexibility index (Phi) is 7.72. The highest BCUT2D eigenvalue weighted by Gasteiger charge is 2.28. The maximum absolute atomic E-state index is 11.7. The summed E-state index contributed by atoms with van der Waals surface area (Å²) in [6.45, 7) is 10.4. The summed E-state index contributed by atoms with van der Waals surface area (Å²) in [6.07, 6.45) is 3.37. The van der Waals surface area contributed by atoms with Crippen molar-refractivity contribution in [2.24, 2.45) is 0 Å². The second-order valence-corrected chi connectivity index (χ2v) is 8.83. The van der Waals surface area contributed by atoms with Crippen molar-refractivity contribution in [2.45, 2.75) is 66.1 Å². The molecular weight excluding hydrogens is 402 g/mol. The predicted octanol–water partition coefficient (Wildman–Crippen LogP) is 4.16. The zero-order valence-electron chi connectivity index (χ0n) is 20.6. The number of carbonyl (C=O) groups excluding carboxylic acids is 1. The fourth-order valence-electron chi connectivity index (χ4n) is 4.46. The van der Waals surface area contributed by atoms with Crippen LogP contribution in [0.3, 0.4) is 0 Å². The molecule has 1 aromatic heterocycles. The largest absolute Gasteiger partial charge is 0.496 e. The molecule has 0 unspecified atom stereocenters. The van der Waals surface area contributed by atoms with Gasteiger partial charge in [-0.25, -0.2) is 9.97 Å². The van der Waals surface area contributed by atoms with E-state index in [0.29, 0.717) is 6.54 Å². The lowest BCUT2D eigenvalue weighted by Crippen LogP contribution is -2.35. The van der Waals surface area contributed by atoms with Crippen LogP contribution in [0.25, 0.3) is 0 Å². The predicted molar refractivity (Wildman–Crippen MR) is 128 cm³/mol. The number of carbonyl (C=O) groups is 1. The van der Waals surface area contributed by atoms with Gasteiger partial charge in [0.1, 0.15) is 17.4 Å². The van der Waals surface area contributed by atoms with Gasteiger partial charge in [0.05, 0.1) is 25.4 Å². The van der Waals surface area contributed by atoms with E-state index in [0.717, 1.165) is 49.0 Å². The third kappa shape index (κ3) is 5.21. The Morgan fingerprint density at radius 1 is 1.22 bits per heavy atom. The number of nitrogens with one attached hydrogen (secondary N) is 1. The normalized spacial score (nSPS) is 16.7. The van der Waals surface area contributed by atoms with Crippen LogP contribution >= 0.6 is 0 Å². The number of aromatic nitrogens is 2. The van der Waals surface area contributed by atoms with Crippen molar-refractivity contribution in [3.05, 3.63) is 45.9 Å². The van der Waals surface area contributed by atoms with E-state index in [-0.39, 0.29) is 11.9 Å². The molecule has 1 fully saturated rings. The highest BCUT2D eigenvalue weighted by molar-refractivity contribution is 5.72. The second-order valence-electron chi connectivity index (χ2n) is 8.83. The van der Waals surface area contributed by atoms with Crippen LogP contribution in [0.15, 0.2) is 12.1 Å². The number of hydrogen-bond acceptors (Lipinski definition) is 6. The van der Waals surface area contributed by atoms with Gasteiger partial charge < -0.3 is 15.0 Å². The topological polar surface area (TPSA) is 70.6 Å². The molecular formula is C25H37N5O2. The third-order valence-electron chi connectivity index (χ3n) is 6.69. The Morgan fingerprint density at radius 3 is 2.62 bits per heavy atom. The Morgan fingerprint density at radius 2 is 1.97 bits per heavy atom. The Hall–Kier alpha value is -2.67. The van der Waals surface area contributed by atoms with Gasteiger partial charge in [0.25, 0.3) is 0 Å². The fourth-order valence-corrected chi connectivity index (χ4v) is 4.46. The molecule has 1 N–H and O–H groups in total. The van der Waals surface area contributed by atoms with Gasteiger partial charge in [-0.05, 0) is 68.5 Å². The smallest absolute Gasteiger partial charge is 0.219 e. The molecule has 174 valence electrons. The minimum atomic E-state index is 0.0243. The summed E-state index contributed by atoms with van der Waals surface area (Å²) in [6, 6.07) is 4.22. The number of likely N-dealkylation sites (tertiary alicyclic amines) is 1. The number of ether oxygens (including phenoxy) is 1. The van der Waals surface area contributed by atoms with E-state index >= 15 is 0 Å². The molecule has 1 aliphatic rings. The number of anilines is 1. The van der Waals surface area contributed by atoms with Gasteiger partial charge in [-0.2, -0.15) is 0 Å². The van der Waals surface area contributed by atoms with Crippen LogP contribution in [0.2, 0.25) is 0 Å². The van der Waals surface area contributed by atoms with Crippen LogP contribution in [-0.2, 0) is 17.9 Å². The number of aryl methyl sites for hydroxylation is 1. The summed E-state index contributed by atoms with van der Waals surface area (Å²) in [5.41, 5.74) is 5.96. The van der Waals surface area contributed by atoms with Crippen LogP contribution in [0.4, 0.5) is 5.82 Å². The van der Waals surface area contributed by atoms with Crippen LogP contribution in [-0.4, -0.2) is 53.4 Å². The van der Waals surface area contributed by atoms with E-state index in [1.165, 1.54) is 28.7 Å². The maximum atomic E-state index is 11.7. The number of methoxy groups -OCH3 is 1. The summed E-state index contributed by atoms with van der Waals surface area (Å²) < 4.78 is 5.56. The lowest BCUT2D eigenvalue weighted by Gasteiger charge is -2.36. The monoisotopic (exact) mass is 439 g/mol. The quantitative estimate of drug-likeness (QED) is 0.699. The van der Waals surface area contributed by atoms with Crippen molar-refractivity contribution in [3.63, 3.8) is 0 Å². The van der Waals surface area contributed by atoms with Gasteiger partial charge >= 0.3 is 0 Å². The molecule has 3 rings (SSSR count). The highest BCUT2D eigenvalue weighted by Crippen LogP contribution is 2.34. The first-order valence-electron chi connectivity index (χ1n) is 11.4. The van der Waals surface area contributed by atoms with Gasteiger partial charge in [0.2, 0.25) is 5.91 Å². The van der Waals surface area contributed by atoms with E-state index in [9.17, 15) is 4.79 Å². The molecule has 7 nitrogen and oxygen atoms in total. The highest BCUT2D eigenvalue weighted by atomic mass is 16.5. The maximum Gasteiger partial charge on any atom is 0.219 e. The molecule has 0 aliphatic carbocycles. The van der Waals surface area contributed by atoms with E-state index in [1.54, 1.807) is 26.0 Å². The van der Waals surface area contributed by atoms with E-state index in [4.69, 9.17) is 14.7 Å². The van der Waals surface area contributed by atoms with Crippen molar-refractivity contribution in [3.8, 4) is 5.75 Å². The Balaban J connectivity index is 1.94. The SMILES string of the molecule is CNc1cc(CN(C)C(C)=O)nc([C@@H]2CCCCN2Cc2c(C)cc(OC)c(C)c2C)n1. The molecule has 0 spiro atoms. The van der Waals surface area contributed by atoms with Gasteiger partial charge in [0, 0.05) is 33.6 Å². The Bertz CT molecular complexity index is 975. The molecule has 1 aliphatic heterocycles. The number of piperidine rings is 1. The lowest BCUT2D eigenvalue weighted by atomic mass is 9.94. The van der Waals surface area contributed by atoms with Crippen molar-refractivity contribution in [1.82, 2.24) is 19.8 Å². The molecule has 0 radical (unpaired) electrons. The van der Waals surface area contributed by atoms with Gasteiger partial charge in [-0.15, -0.1) is 0 Å². The summed E-state index contributed by atoms with van der Waals surface area (Å²) in [7, 11) is 5.40. The molecule has 2 aromatic rings. The van der Waals surface area contributed by atoms with Crippen LogP contribution < -0.4 is 10.1 Å². The lowest BCUT2D eigenvalue weighted by molar-refractivity contribution is -0.128. The number of benzene rings is 1. The number of rotatable bonds is 7. The van der Waals surface area contributed by atoms with E-state index < -0.39 is 0 Å². The molecule has 0 bridgehead atoms. The molecule has 1 atom stereocenters. The zero-order valence-corrected chi connectivity index (χ0v) is 20.6. The molecule has 0 saturated carbocycles. The van der Waals surface area contributed by atoms with E-state index in [2.05, 4.69) is 37.1 Å². The molecule has 32 heavy (non-hydrogen) atoms. The average molecular weight is 440 g/mol. The van der Waals surface area contributed by atoms with Crippen LogP contribution in [0.5, 0.6) is 5.75 Å². The first-order chi connectivity index (χ1) is 15.2. The number of hydrogen-bond donors (Lipinski definition) is 1. The minimum Gasteiger partial charge on any atom is -0.496 e. The summed E-state index contributed by atoms with van der Waals surface area (Å²) >= 11 is 0. The molecule has 1 saturated heterocycles. The zero-order chi connectivity index (χ0) is 23.4.